The standard InChI is InChI=1S/C12H8F3NO/c1-7-2-3-11(17)16(6-7)8-4-9(13)12(15)10(14)5-8/h2-6H,1H3. The van der Waals surface area contributed by atoms with E-state index in [0.717, 1.165) is 22.3 Å². The minimum Gasteiger partial charge on any atom is -0.284 e. The number of aryl methyl sites for hydroxylation is 1. The van der Waals surface area contributed by atoms with Crippen LogP contribution in [-0.4, -0.2) is 4.57 Å². The maximum atomic E-state index is 13.0. The van der Waals surface area contributed by atoms with Crippen molar-refractivity contribution in [3.8, 4) is 5.69 Å². The minimum absolute atomic E-state index is 0.0462. The Morgan fingerprint density at radius 3 is 2.24 bits per heavy atom. The van der Waals surface area contributed by atoms with E-state index in [2.05, 4.69) is 0 Å². The fraction of sp³-hybridized carbons (Fsp3) is 0.0833. The maximum absolute atomic E-state index is 13.0. The molecule has 1 aromatic carbocycles. The van der Waals surface area contributed by atoms with E-state index in [0.29, 0.717) is 0 Å². The van der Waals surface area contributed by atoms with Crippen molar-refractivity contribution in [3.05, 3.63) is 63.8 Å². The summed E-state index contributed by atoms with van der Waals surface area (Å²) in [6, 6.07) is 4.40. The molecule has 17 heavy (non-hydrogen) atoms. The fourth-order valence-electron chi connectivity index (χ4n) is 1.48. The Kier molecular flexibility index (Phi) is 2.75. The highest BCUT2D eigenvalue weighted by molar-refractivity contribution is 5.34. The summed E-state index contributed by atoms with van der Waals surface area (Å²) >= 11 is 0. The van der Waals surface area contributed by atoms with Crippen molar-refractivity contribution in [1.82, 2.24) is 4.57 Å². The Morgan fingerprint density at radius 2 is 1.65 bits per heavy atom. The summed E-state index contributed by atoms with van der Waals surface area (Å²) < 4.78 is 39.9. The molecule has 0 N–H and O–H groups in total. The van der Waals surface area contributed by atoms with Gasteiger partial charge in [-0.25, -0.2) is 13.2 Å². The zero-order chi connectivity index (χ0) is 12.6. The zero-order valence-electron chi connectivity index (χ0n) is 8.88. The summed E-state index contributed by atoms with van der Waals surface area (Å²) in [5, 5.41) is 0. The molecule has 2 rings (SSSR count). The van der Waals surface area contributed by atoms with Crippen LogP contribution in [0.25, 0.3) is 5.69 Å². The van der Waals surface area contributed by atoms with Crippen LogP contribution in [0.5, 0.6) is 0 Å². The summed E-state index contributed by atoms with van der Waals surface area (Å²) in [6.45, 7) is 1.73. The molecule has 2 nitrogen and oxygen atoms in total. The van der Waals surface area contributed by atoms with Crippen molar-refractivity contribution < 1.29 is 13.2 Å². The number of pyridine rings is 1. The van der Waals surface area contributed by atoms with Crippen LogP contribution >= 0.6 is 0 Å². The second-order valence-electron chi connectivity index (χ2n) is 3.64. The van der Waals surface area contributed by atoms with Crippen LogP contribution in [0.1, 0.15) is 5.56 Å². The van der Waals surface area contributed by atoms with Gasteiger partial charge in [-0.05, 0) is 12.5 Å². The highest BCUT2D eigenvalue weighted by Gasteiger charge is 2.12. The maximum Gasteiger partial charge on any atom is 0.255 e. The summed E-state index contributed by atoms with van der Waals surface area (Å²) in [5.74, 6) is -4.20. The second-order valence-corrected chi connectivity index (χ2v) is 3.64. The number of hydrogen-bond donors (Lipinski definition) is 0. The highest BCUT2D eigenvalue weighted by Crippen LogP contribution is 2.16. The molecule has 0 unspecified atom stereocenters. The third-order valence-electron chi connectivity index (χ3n) is 2.31. The lowest BCUT2D eigenvalue weighted by Crippen LogP contribution is -2.17. The van der Waals surface area contributed by atoms with Crippen molar-refractivity contribution in [2.24, 2.45) is 0 Å². The van der Waals surface area contributed by atoms with E-state index in [1.54, 1.807) is 13.0 Å². The quantitative estimate of drug-likeness (QED) is 0.701. The molecule has 0 aliphatic heterocycles. The average molecular weight is 239 g/mol. The Balaban J connectivity index is 2.69. The zero-order valence-corrected chi connectivity index (χ0v) is 8.88. The van der Waals surface area contributed by atoms with Crippen molar-refractivity contribution in [2.75, 3.05) is 0 Å². The van der Waals surface area contributed by atoms with Crippen LogP contribution in [0.4, 0.5) is 13.2 Å². The molecule has 1 aromatic heterocycles. The predicted molar refractivity (Wildman–Crippen MR) is 56.7 cm³/mol. The van der Waals surface area contributed by atoms with Gasteiger partial charge in [0.05, 0.1) is 5.69 Å². The molecular weight excluding hydrogens is 231 g/mol. The Hall–Kier alpha value is -2.04. The molecule has 88 valence electrons. The largest absolute Gasteiger partial charge is 0.284 e. The van der Waals surface area contributed by atoms with E-state index in [-0.39, 0.29) is 5.69 Å². The van der Waals surface area contributed by atoms with Gasteiger partial charge >= 0.3 is 0 Å². The monoisotopic (exact) mass is 239 g/mol. The van der Waals surface area contributed by atoms with Gasteiger partial charge in [0.2, 0.25) is 0 Å². The first-order valence-electron chi connectivity index (χ1n) is 4.83. The van der Waals surface area contributed by atoms with Gasteiger partial charge in [0.15, 0.2) is 17.5 Å². The van der Waals surface area contributed by atoms with Crippen LogP contribution in [0, 0.1) is 24.4 Å². The summed E-state index contributed by atoms with van der Waals surface area (Å²) in [4.78, 5) is 11.5. The van der Waals surface area contributed by atoms with E-state index in [1.165, 1.54) is 12.3 Å². The molecule has 0 spiro atoms. The van der Waals surface area contributed by atoms with Crippen molar-refractivity contribution in [1.29, 1.82) is 0 Å². The normalized spacial score (nSPS) is 10.6. The average Bonchev–Trinajstić information content (AvgIpc) is 2.28. The Labute approximate surface area is 94.9 Å². The minimum atomic E-state index is -1.55. The van der Waals surface area contributed by atoms with Crippen LogP contribution in [-0.2, 0) is 0 Å². The Bertz CT molecular complexity index is 611. The third kappa shape index (κ3) is 2.08. The number of hydrogen-bond acceptors (Lipinski definition) is 1. The molecule has 1 heterocycles. The number of aromatic nitrogens is 1. The van der Waals surface area contributed by atoms with E-state index < -0.39 is 23.0 Å². The van der Waals surface area contributed by atoms with Gasteiger partial charge in [-0.1, -0.05) is 6.07 Å². The molecule has 2 aromatic rings. The number of rotatable bonds is 1. The molecule has 0 bridgehead atoms. The summed E-state index contributed by atoms with van der Waals surface area (Å²) in [5.41, 5.74) is 0.255. The lowest BCUT2D eigenvalue weighted by atomic mass is 10.2. The van der Waals surface area contributed by atoms with Gasteiger partial charge in [-0.3, -0.25) is 9.36 Å². The number of nitrogens with zero attached hydrogens (tertiary/aromatic N) is 1. The van der Waals surface area contributed by atoms with Crippen LogP contribution in [0.3, 0.4) is 0 Å². The van der Waals surface area contributed by atoms with E-state index in [4.69, 9.17) is 0 Å². The Morgan fingerprint density at radius 1 is 1.06 bits per heavy atom. The summed E-state index contributed by atoms with van der Waals surface area (Å²) in [6.07, 6.45) is 1.43. The van der Waals surface area contributed by atoms with E-state index in [1.807, 2.05) is 0 Å². The van der Waals surface area contributed by atoms with Gasteiger partial charge in [-0.15, -0.1) is 0 Å². The van der Waals surface area contributed by atoms with Gasteiger partial charge in [-0.2, -0.15) is 0 Å². The fourth-order valence-corrected chi connectivity index (χ4v) is 1.48. The first-order chi connectivity index (χ1) is 7.99. The van der Waals surface area contributed by atoms with Crippen molar-refractivity contribution in [3.63, 3.8) is 0 Å². The molecule has 0 saturated heterocycles. The second kappa shape index (κ2) is 4.08. The third-order valence-corrected chi connectivity index (χ3v) is 2.31. The molecule has 5 heteroatoms. The van der Waals surface area contributed by atoms with Gasteiger partial charge < -0.3 is 0 Å². The predicted octanol–water partition coefficient (Wildman–Crippen LogP) is 2.56. The van der Waals surface area contributed by atoms with Gasteiger partial charge in [0, 0.05) is 24.4 Å². The topological polar surface area (TPSA) is 22.0 Å². The first-order valence-corrected chi connectivity index (χ1v) is 4.83. The molecule has 0 fully saturated rings. The molecule has 0 aliphatic carbocycles. The molecule has 0 aliphatic rings. The van der Waals surface area contributed by atoms with Crippen LogP contribution in [0.2, 0.25) is 0 Å². The van der Waals surface area contributed by atoms with Crippen molar-refractivity contribution in [2.45, 2.75) is 6.92 Å². The van der Waals surface area contributed by atoms with Crippen molar-refractivity contribution >= 4 is 0 Å². The summed E-state index contributed by atoms with van der Waals surface area (Å²) in [7, 11) is 0. The highest BCUT2D eigenvalue weighted by atomic mass is 19.2. The van der Waals surface area contributed by atoms with Gasteiger partial charge in [0.1, 0.15) is 0 Å². The molecule has 0 radical (unpaired) electrons. The lowest BCUT2D eigenvalue weighted by Gasteiger charge is -2.07. The van der Waals surface area contributed by atoms with Crippen LogP contribution in [0.15, 0.2) is 35.3 Å². The van der Waals surface area contributed by atoms with E-state index >= 15 is 0 Å². The number of halogens is 3. The number of benzene rings is 1. The smallest absolute Gasteiger partial charge is 0.255 e. The lowest BCUT2D eigenvalue weighted by molar-refractivity contribution is 0.446. The first kappa shape index (κ1) is 11.4. The van der Waals surface area contributed by atoms with Gasteiger partial charge in [0.25, 0.3) is 5.56 Å². The molecule has 0 atom stereocenters. The molecule has 0 amide bonds. The van der Waals surface area contributed by atoms with Crippen LogP contribution < -0.4 is 5.56 Å². The molecular formula is C12H8F3NO. The molecule has 0 saturated carbocycles. The van der Waals surface area contributed by atoms with E-state index in [9.17, 15) is 18.0 Å². The SMILES string of the molecule is Cc1ccc(=O)n(-c2cc(F)c(F)c(F)c2)c1.